The fourth-order valence-corrected chi connectivity index (χ4v) is 0.883. The van der Waals surface area contributed by atoms with Gasteiger partial charge in [0.15, 0.2) is 6.17 Å². The first-order valence-electron chi connectivity index (χ1n) is 2.99. The number of allylic oxidation sites excluding steroid dienone is 1. The lowest BCUT2D eigenvalue weighted by atomic mass is 10.0. The fraction of sp³-hybridized carbons (Fsp3) is 0.667. The number of alkyl halides is 1. The van der Waals surface area contributed by atoms with E-state index in [0.717, 1.165) is 0 Å². The summed E-state index contributed by atoms with van der Waals surface area (Å²) in [6, 6.07) is -0.115. The van der Waals surface area contributed by atoms with Crippen molar-refractivity contribution in [1.82, 2.24) is 0 Å². The van der Waals surface area contributed by atoms with E-state index in [9.17, 15) is 4.39 Å². The Balaban J connectivity index is 2.56. The smallest absolute Gasteiger partial charge is 0.158 e. The summed E-state index contributed by atoms with van der Waals surface area (Å²) in [5.74, 6) is -0.156. The van der Waals surface area contributed by atoms with Crippen molar-refractivity contribution in [1.29, 1.82) is 0 Å². The summed E-state index contributed by atoms with van der Waals surface area (Å²) >= 11 is 0. The Morgan fingerprint density at radius 1 is 1.78 bits per heavy atom. The van der Waals surface area contributed by atoms with Gasteiger partial charge >= 0.3 is 0 Å². The lowest BCUT2D eigenvalue weighted by Crippen LogP contribution is -2.28. The standard InChI is InChI=1S/C6H10FNO/c7-5-3-4(8)1-2-6(5)9/h2,4-5,9H,1,3,8H2. The van der Waals surface area contributed by atoms with Crippen LogP contribution in [0.15, 0.2) is 11.8 Å². The van der Waals surface area contributed by atoms with Gasteiger partial charge in [-0.05, 0) is 12.5 Å². The Labute approximate surface area is 53.2 Å². The molecule has 3 heteroatoms. The average Bonchev–Trinajstić information content (AvgIpc) is 1.80. The highest BCUT2D eigenvalue weighted by molar-refractivity contribution is 5.05. The fourth-order valence-electron chi connectivity index (χ4n) is 0.883. The van der Waals surface area contributed by atoms with Crippen molar-refractivity contribution in [2.75, 3.05) is 0 Å². The van der Waals surface area contributed by atoms with E-state index >= 15 is 0 Å². The number of hydrogen-bond acceptors (Lipinski definition) is 2. The Morgan fingerprint density at radius 3 is 2.89 bits per heavy atom. The minimum atomic E-state index is -1.23. The molecule has 0 saturated heterocycles. The summed E-state index contributed by atoms with van der Waals surface area (Å²) in [5.41, 5.74) is 5.39. The normalized spacial score (nSPS) is 36.0. The second-order valence-electron chi connectivity index (χ2n) is 2.33. The Bertz CT molecular complexity index is 135. The van der Waals surface area contributed by atoms with E-state index in [-0.39, 0.29) is 18.2 Å². The molecule has 0 aromatic rings. The SMILES string of the molecule is NC1CC=C(O)C(F)C1. The molecule has 0 fully saturated rings. The first-order valence-corrected chi connectivity index (χ1v) is 2.99. The summed E-state index contributed by atoms with van der Waals surface area (Å²) < 4.78 is 12.4. The molecule has 2 nitrogen and oxygen atoms in total. The van der Waals surface area contributed by atoms with Crippen molar-refractivity contribution in [3.8, 4) is 0 Å². The molecule has 1 aliphatic rings. The molecule has 52 valence electrons. The van der Waals surface area contributed by atoms with Crippen molar-refractivity contribution in [3.63, 3.8) is 0 Å². The topological polar surface area (TPSA) is 46.2 Å². The second-order valence-corrected chi connectivity index (χ2v) is 2.33. The predicted octanol–water partition coefficient (Wildman–Crippen LogP) is 0.887. The Kier molecular flexibility index (Phi) is 1.71. The molecule has 3 N–H and O–H groups in total. The zero-order valence-corrected chi connectivity index (χ0v) is 5.05. The van der Waals surface area contributed by atoms with Crippen LogP contribution in [0.5, 0.6) is 0 Å². The minimum absolute atomic E-state index is 0.115. The molecule has 1 rings (SSSR count). The maximum atomic E-state index is 12.4. The first kappa shape index (κ1) is 6.55. The van der Waals surface area contributed by atoms with Gasteiger partial charge in [-0.3, -0.25) is 0 Å². The van der Waals surface area contributed by atoms with Gasteiger partial charge < -0.3 is 10.8 Å². The summed E-state index contributed by atoms with van der Waals surface area (Å²) in [7, 11) is 0. The molecule has 0 aromatic heterocycles. The molecule has 9 heavy (non-hydrogen) atoms. The van der Waals surface area contributed by atoms with E-state index in [4.69, 9.17) is 10.8 Å². The van der Waals surface area contributed by atoms with Crippen molar-refractivity contribution in [3.05, 3.63) is 11.8 Å². The van der Waals surface area contributed by atoms with Gasteiger partial charge in [-0.1, -0.05) is 0 Å². The number of aliphatic hydroxyl groups excluding tert-OH is 1. The third-order valence-electron chi connectivity index (χ3n) is 1.46. The number of halogens is 1. The lowest BCUT2D eigenvalue weighted by molar-refractivity contribution is 0.224. The summed E-state index contributed by atoms with van der Waals surface area (Å²) in [5, 5.41) is 8.73. The van der Waals surface area contributed by atoms with Gasteiger partial charge in [0.05, 0.1) is 0 Å². The number of hydrogen-bond donors (Lipinski definition) is 2. The van der Waals surface area contributed by atoms with E-state index in [2.05, 4.69) is 0 Å². The number of nitrogens with two attached hydrogens (primary N) is 1. The van der Waals surface area contributed by atoms with Crippen molar-refractivity contribution < 1.29 is 9.50 Å². The third-order valence-corrected chi connectivity index (χ3v) is 1.46. The molecule has 0 heterocycles. The van der Waals surface area contributed by atoms with Crippen LogP contribution in [0.1, 0.15) is 12.8 Å². The first-order chi connectivity index (χ1) is 4.20. The van der Waals surface area contributed by atoms with Crippen LogP contribution in [-0.4, -0.2) is 17.3 Å². The van der Waals surface area contributed by atoms with Gasteiger partial charge in [0.25, 0.3) is 0 Å². The zero-order chi connectivity index (χ0) is 6.85. The summed E-state index contributed by atoms with van der Waals surface area (Å²) in [6.45, 7) is 0. The molecule has 1 aliphatic carbocycles. The highest BCUT2D eigenvalue weighted by Crippen LogP contribution is 2.17. The molecule has 2 unspecified atom stereocenters. The lowest BCUT2D eigenvalue weighted by Gasteiger charge is -2.17. The Morgan fingerprint density at radius 2 is 2.44 bits per heavy atom. The van der Waals surface area contributed by atoms with Crippen LogP contribution in [0.2, 0.25) is 0 Å². The molecule has 0 aliphatic heterocycles. The average molecular weight is 131 g/mol. The van der Waals surface area contributed by atoms with E-state index in [1.54, 1.807) is 0 Å². The van der Waals surface area contributed by atoms with Crippen LogP contribution < -0.4 is 5.73 Å². The molecule has 0 bridgehead atoms. The monoisotopic (exact) mass is 131 g/mol. The summed E-state index contributed by atoms with van der Waals surface area (Å²) in [4.78, 5) is 0. The maximum Gasteiger partial charge on any atom is 0.158 e. The van der Waals surface area contributed by atoms with Crippen LogP contribution in [0.3, 0.4) is 0 Å². The maximum absolute atomic E-state index is 12.4. The van der Waals surface area contributed by atoms with E-state index in [1.807, 2.05) is 0 Å². The molecule has 0 radical (unpaired) electrons. The quantitative estimate of drug-likeness (QED) is 0.512. The van der Waals surface area contributed by atoms with E-state index in [0.29, 0.717) is 6.42 Å². The second kappa shape index (κ2) is 2.35. The minimum Gasteiger partial charge on any atom is -0.510 e. The Hall–Kier alpha value is -0.570. The zero-order valence-electron chi connectivity index (χ0n) is 5.05. The van der Waals surface area contributed by atoms with Crippen LogP contribution >= 0.6 is 0 Å². The van der Waals surface area contributed by atoms with E-state index < -0.39 is 6.17 Å². The highest BCUT2D eigenvalue weighted by Gasteiger charge is 2.20. The van der Waals surface area contributed by atoms with Crippen LogP contribution in [0, 0.1) is 0 Å². The van der Waals surface area contributed by atoms with E-state index in [1.165, 1.54) is 6.08 Å². The van der Waals surface area contributed by atoms with Gasteiger partial charge in [-0.25, -0.2) is 4.39 Å². The van der Waals surface area contributed by atoms with Gasteiger partial charge in [-0.2, -0.15) is 0 Å². The number of aliphatic hydroxyl groups is 1. The molecule has 0 spiro atoms. The number of rotatable bonds is 0. The molecule has 0 saturated carbocycles. The highest BCUT2D eigenvalue weighted by atomic mass is 19.1. The van der Waals surface area contributed by atoms with Gasteiger partial charge in [0, 0.05) is 12.5 Å². The molecule has 0 aromatic carbocycles. The van der Waals surface area contributed by atoms with Gasteiger partial charge in [0.2, 0.25) is 0 Å². The van der Waals surface area contributed by atoms with Gasteiger partial charge in [0.1, 0.15) is 5.76 Å². The molecular weight excluding hydrogens is 121 g/mol. The molecule has 0 amide bonds. The van der Waals surface area contributed by atoms with Crippen molar-refractivity contribution >= 4 is 0 Å². The predicted molar refractivity (Wildman–Crippen MR) is 32.8 cm³/mol. The largest absolute Gasteiger partial charge is 0.510 e. The third kappa shape index (κ3) is 1.42. The molecule has 2 atom stereocenters. The molecular formula is C6H10FNO. The van der Waals surface area contributed by atoms with Crippen molar-refractivity contribution in [2.24, 2.45) is 5.73 Å². The summed E-state index contributed by atoms with van der Waals surface area (Å²) in [6.07, 6.45) is 1.06. The van der Waals surface area contributed by atoms with Crippen LogP contribution in [-0.2, 0) is 0 Å². The van der Waals surface area contributed by atoms with Crippen LogP contribution in [0.4, 0.5) is 4.39 Å². The van der Waals surface area contributed by atoms with Crippen molar-refractivity contribution in [2.45, 2.75) is 25.1 Å². The van der Waals surface area contributed by atoms with Gasteiger partial charge in [-0.15, -0.1) is 0 Å². The van der Waals surface area contributed by atoms with Crippen LogP contribution in [0.25, 0.3) is 0 Å².